The third kappa shape index (κ3) is 4.07. The van der Waals surface area contributed by atoms with Gasteiger partial charge in [0.05, 0.1) is 11.9 Å². The maximum Gasteiger partial charge on any atom is 0.240 e. The number of hydrogen-bond donors (Lipinski definition) is 1. The van der Waals surface area contributed by atoms with Crippen LogP contribution in [0, 0.1) is 0 Å². The number of carbonyl (C=O) groups excluding carboxylic acids is 1. The first-order chi connectivity index (χ1) is 13.7. The number of imidazole rings is 1. The van der Waals surface area contributed by atoms with Gasteiger partial charge in [-0.1, -0.05) is 72.4 Å². The van der Waals surface area contributed by atoms with Crippen LogP contribution in [0.5, 0.6) is 0 Å². The second-order valence-corrected chi connectivity index (χ2v) is 8.05. The number of hydrogen-bond acceptors (Lipinski definition) is 4. The molecule has 1 amide bonds. The van der Waals surface area contributed by atoms with Crippen molar-refractivity contribution in [1.82, 2.24) is 14.6 Å². The molecule has 0 saturated carbocycles. The molecule has 6 heteroatoms. The summed E-state index contributed by atoms with van der Waals surface area (Å²) < 4.78 is 1.52. The Bertz CT molecular complexity index is 920. The first kappa shape index (κ1) is 18.6. The largest absolute Gasteiger partial charge is 0.341 e. The van der Waals surface area contributed by atoms with Gasteiger partial charge in [-0.15, -0.1) is 0 Å². The smallest absolute Gasteiger partial charge is 0.240 e. The van der Waals surface area contributed by atoms with Gasteiger partial charge in [-0.05, 0) is 24.8 Å². The van der Waals surface area contributed by atoms with Gasteiger partial charge in [0.25, 0.3) is 0 Å². The minimum absolute atomic E-state index is 0.139. The summed E-state index contributed by atoms with van der Waals surface area (Å²) in [6.07, 6.45) is 5.15. The standard InChI is InChI=1S/C22H24N4OS/c23-26-16-19(17-10-4-1-5-11-17)24-22(26)28-20(18-12-6-2-7-13-18)21(27)25-14-8-3-9-15-25/h1-2,4-7,10-13,16,20H,3,8-9,14-15,23H2/t20-/m1/s1. The summed E-state index contributed by atoms with van der Waals surface area (Å²) in [6, 6.07) is 19.8. The Kier molecular flexibility index (Phi) is 5.67. The van der Waals surface area contributed by atoms with E-state index in [-0.39, 0.29) is 11.2 Å². The van der Waals surface area contributed by atoms with E-state index in [1.54, 1.807) is 0 Å². The third-order valence-corrected chi connectivity index (χ3v) is 6.21. The summed E-state index contributed by atoms with van der Waals surface area (Å²) in [7, 11) is 0. The number of amides is 1. The number of thioether (sulfide) groups is 1. The number of aromatic nitrogens is 2. The number of carbonyl (C=O) groups is 1. The van der Waals surface area contributed by atoms with Gasteiger partial charge in [-0.3, -0.25) is 4.79 Å². The Morgan fingerprint density at radius 3 is 2.29 bits per heavy atom. The molecule has 0 spiro atoms. The highest BCUT2D eigenvalue weighted by Gasteiger charge is 2.29. The van der Waals surface area contributed by atoms with Crippen molar-refractivity contribution in [3.63, 3.8) is 0 Å². The maximum atomic E-state index is 13.3. The van der Waals surface area contributed by atoms with Gasteiger partial charge in [-0.25, -0.2) is 9.66 Å². The summed E-state index contributed by atoms with van der Waals surface area (Å²) in [5.74, 6) is 6.33. The molecule has 2 heterocycles. The lowest BCUT2D eigenvalue weighted by molar-refractivity contribution is -0.131. The summed E-state index contributed by atoms with van der Waals surface area (Å²) in [4.78, 5) is 20.0. The normalized spacial score (nSPS) is 15.4. The molecule has 0 radical (unpaired) electrons. The van der Waals surface area contributed by atoms with Gasteiger partial charge in [-0.2, -0.15) is 0 Å². The Hall–Kier alpha value is -2.73. The molecule has 0 bridgehead atoms. The SMILES string of the molecule is Nn1cc(-c2ccccc2)nc1S[C@@H](C(=O)N1CCCCC1)c1ccccc1. The number of piperidine rings is 1. The summed E-state index contributed by atoms with van der Waals surface area (Å²) in [6.45, 7) is 1.66. The second-order valence-electron chi connectivity index (χ2n) is 6.98. The van der Waals surface area contributed by atoms with Crippen LogP contribution in [0.1, 0.15) is 30.1 Å². The van der Waals surface area contributed by atoms with Crippen LogP contribution < -0.4 is 5.84 Å². The topological polar surface area (TPSA) is 64.2 Å². The molecule has 1 aromatic heterocycles. The lowest BCUT2D eigenvalue weighted by Crippen LogP contribution is -2.38. The molecular formula is C22H24N4OS. The molecule has 1 fully saturated rings. The zero-order valence-electron chi connectivity index (χ0n) is 15.7. The molecule has 4 rings (SSSR count). The predicted molar refractivity (Wildman–Crippen MR) is 113 cm³/mol. The van der Waals surface area contributed by atoms with Gasteiger partial charge in [0, 0.05) is 18.7 Å². The molecular weight excluding hydrogens is 368 g/mol. The van der Waals surface area contributed by atoms with Gasteiger partial charge in [0.1, 0.15) is 5.25 Å². The van der Waals surface area contributed by atoms with Crippen LogP contribution >= 0.6 is 11.8 Å². The maximum absolute atomic E-state index is 13.3. The van der Waals surface area contributed by atoms with Crippen molar-refractivity contribution < 1.29 is 4.79 Å². The fourth-order valence-electron chi connectivity index (χ4n) is 3.49. The predicted octanol–water partition coefficient (Wildman–Crippen LogP) is 4.11. The quantitative estimate of drug-likeness (QED) is 0.524. The van der Waals surface area contributed by atoms with Gasteiger partial charge in [0.15, 0.2) is 5.16 Å². The zero-order chi connectivity index (χ0) is 19.3. The lowest BCUT2D eigenvalue weighted by Gasteiger charge is -2.30. The molecule has 2 N–H and O–H groups in total. The van der Waals surface area contributed by atoms with Crippen LogP contribution in [0.15, 0.2) is 72.0 Å². The van der Waals surface area contributed by atoms with Gasteiger partial charge in [0.2, 0.25) is 5.91 Å². The van der Waals surface area contributed by atoms with Crippen molar-refractivity contribution in [2.45, 2.75) is 29.7 Å². The first-order valence-electron chi connectivity index (χ1n) is 9.62. The highest BCUT2D eigenvalue weighted by Crippen LogP contribution is 2.37. The number of likely N-dealkylation sites (tertiary alicyclic amines) is 1. The number of benzene rings is 2. The average Bonchev–Trinajstić information content (AvgIpc) is 3.14. The molecule has 0 aliphatic carbocycles. The van der Waals surface area contributed by atoms with Crippen LogP contribution in [-0.4, -0.2) is 33.6 Å². The van der Waals surface area contributed by atoms with Crippen LogP contribution in [0.2, 0.25) is 0 Å². The Morgan fingerprint density at radius 2 is 1.61 bits per heavy atom. The van der Waals surface area contributed by atoms with E-state index in [2.05, 4.69) is 0 Å². The number of nitrogens with zero attached hydrogens (tertiary/aromatic N) is 3. The van der Waals surface area contributed by atoms with Crippen molar-refractivity contribution in [3.05, 3.63) is 72.4 Å². The minimum Gasteiger partial charge on any atom is -0.341 e. The van der Waals surface area contributed by atoms with Crippen LogP contribution in [0.3, 0.4) is 0 Å². The molecule has 1 aliphatic rings. The molecule has 144 valence electrons. The van der Waals surface area contributed by atoms with E-state index < -0.39 is 0 Å². The third-order valence-electron chi connectivity index (χ3n) is 4.99. The highest BCUT2D eigenvalue weighted by atomic mass is 32.2. The molecule has 1 aliphatic heterocycles. The van der Waals surface area contributed by atoms with E-state index in [9.17, 15) is 4.79 Å². The fraction of sp³-hybridized carbons (Fsp3) is 0.273. The van der Waals surface area contributed by atoms with Crippen LogP contribution in [0.25, 0.3) is 11.3 Å². The van der Waals surface area contributed by atoms with Crippen molar-refractivity contribution in [2.24, 2.45) is 0 Å². The first-order valence-corrected chi connectivity index (χ1v) is 10.5. The average molecular weight is 393 g/mol. The van der Waals surface area contributed by atoms with Crippen molar-refractivity contribution in [1.29, 1.82) is 0 Å². The zero-order valence-corrected chi connectivity index (χ0v) is 16.5. The Morgan fingerprint density at radius 1 is 0.964 bits per heavy atom. The number of nitrogen functional groups attached to an aromatic ring is 1. The number of nitrogens with two attached hydrogens (primary N) is 1. The molecule has 1 atom stereocenters. The minimum atomic E-state index is -0.354. The second kappa shape index (κ2) is 8.52. The molecule has 28 heavy (non-hydrogen) atoms. The van der Waals surface area contributed by atoms with E-state index in [0.29, 0.717) is 5.16 Å². The molecule has 5 nitrogen and oxygen atoms in total. The van der Waals surface area contributed by atoms with E-state index in [4.69, 9.17) is 10.8 Å². The van der Waals surface area contributed by atoms with Gasteiger partial charge >= 0.3 is 0 Å². The van der Waals surface area contributed by atoms with Crippen LogP contribution in [-0.2, 0) is 4.79 Å². The molecule has 1 saturated heterocycles. The van der Waals surface area contributed by atoms with E-state index in [1.165, 1.54) is 22.9 Å². The van der Waals surface area contributed by atoms with Crippen molar-refractivity contribution in [3.8, 4) is 11.3 Å². The van der Waals surface area contributed by atoms with E-state index in [0.717, 1.165) is 42.8 Å². The summed E-state index contributed by atoms with van der Waals surface area (Å²) in [5.41, 5.74) is 2.79. The molecule has 3 aromatic rings. The van der Waals surface area contributed by atoms with Crippen molar-refractivity contribution >= 4 is 17.7 Å². The van der Waals surface area contributed by atoms with Crippen LogP contribution in [0.4, 0.5) is 0 Å². The van der Waals surface area contributed by atoms with Gasteiger partial charge < -0.3 is 10.7 Å². The van der Waals surface area contributed by atoms with E-state index >= 15 is 0 Å². The molecule has 0 unspecified atom stereocenters. The Labute approximate surface area is 169 Å². The summed E-state index contributed by atoms with van der Waals surface area (Å²) >= 11 is 1.42. The summed E-state index contributed by atoms with van der Waals surface area (Å²) in [5, 5.41) is 0.283. The fourth-order valence-corrected chi connectivity index (χ4v) is 4.57. The number of rotatable bonds is 5. The Balaban J connectivity index is 1.63. The molecule has 2 aromatic carbocycles. The van der Waals surface area contributed by atoms with Crippen molar-refractivity contribution in [2.75, 3.05) is 18.9 Å². The monoisotopic (exact) mass is 392 g/mol. The van der Waals surface area contributed by atoms with E-state index in [1.807, 2.05) is 71.8 Å². The lowest BCUT2D eigenvalue weighted by atomic mass is 10.1. The highest BCUT2D eigenvalue weighted by molar-refractivity contribution is 8.00.